The first kappa shape index (κ1) is 12.4. The quantitative estimate of drug-likeness (QED) is 0.691. The van der Waals surface area contributed by atoms with Crippen molar-refractivity contribution in [3.05, 3.63) is 29.3 Å². The Morgan fingerprint density at radius 1 is 1.27 bits per heavy atom. The molecule has 0 amide bonds. The predicted molar refractivity (Wildman–Crippen MR) is 68.7 cm³/mol. The van der Waals surface area contributed by atoms with E-state index in [9.17, 15) is 0 Å². The zero-order chi connectivity index (χ0) is 11.1. The highest BCUT2D eigenvalue weighted by molar-refractivity contribution is 6.33. The normalized spacial score (nSPS) is 12.5. The average Bonchev–Trinajstić information content (AvgIpc) is 2.22. The van der Waals surface area contributed by atoms with E-state index in [0.29, 0.717) is 6.04 Å². The summed E-state index contributed by atoms with van der Waals surface area (Å²) in [5.74, 6) is 0. The van der Waals surface area contributed by atoms with E-state index in [2.05, 4.69) is 19.2 Å². The SMILES string of the molecule is CCCCCC(C)Nc1ccccc1Cl. The molecule has 0 bridgehead atoms. The number of hydrogen-bond acceptors (Lipinski definition) is 1. The number of rotatable bonds is 6. The summed E-state index contributed by atoms with van der Waals surface area (Å²) in [4.78, 5) is 0. The fourth-order valence-electron chi connectivity index (χ4n) is 1.62. The van der Waals surface area contributed by atoms with E-state index in [4.69, 9.17) is 11.6 Å². The molecule has 0 aliphatic heterocycles. The minimum absolute atomic E-state index is 0.497. The summed E-state index contributed by atoms with van der Waals surface area (Å²) in [5, 5.41) is 4.24. The highest BCUT2D eigenvalue weighted by Gasteiger charge is 2.03. The Bertz CT molecular complexity index is 286. The van der Waals surface area contributed by atoms with Gasteiger partial charge in [-0.2, -0.15) is 0 Å². The number of hydrogen-bond donors (Lipinski definition) is 1. The summed E-state index contributed by atoms with van der Waals surface area (Å²) < 4.78 is 0. The zero-order valence-corrected chi connectivity index (χ0v) is 10.3. The third kappa shape index (κ3) is 4.57. The second-order valence-electron chi connectivity index (χ2n) is 4.02. The molecular formula is C13H20ClN. The third-order valence-corrected chi connectivity index (χ3v) is 2.85. The lowest BCUT2D eigenvalue weighted by atomic mass is 10.1. The molecule has 2 heteroatoms. The molecule has 0 heterocycles. The van der Waals surface area contributed by atoms with Gasteiger partial charge in [0.05, 0.1) is 10.7 Å². The summed E-state index contributed by atoms with van der Waals surface area (Å²) >= 11 is 6.07. The molecule has 0 aromatic heterocycles. The lowest BCUT2D eigenvalue weighted by Crippen LogP contribution is -2.14. The van der Waals surface area contributed by atoms with E-state index in [-0.39, 0.29) is 0 Å². The van der Waals surface area contributed by atoms with Gasteiger partial charge in [-0.05, 0) is 25.5 Å². The van der Waals surface area contributed by atoms with E-state index in [1.165, 1.54) is 25.7 Å². The molecule has 1 unspecified atom stereocenters. The van der Waals surface area contributed by atoms with Gasteiger partial charge in [-0.25, -0.2) is 0 Å². The molecule has 0 fully saturated rings. The topological polar surface area (TPSA) is 12.0 Å². The molecule has 1 N–H and O–H groups in total. The van der Waals surface area contributed by atoms with E-state index < -0.39 is 0 Å². The predicted octanol–water partition coefficient (Wildman–Crippen LogP) is 4.72. The monoisotopic (exact) mass is 225 g/mol. The van der Waals surface area contributed by atoms with Crippen molar-refractivity contribution in [3.63, 3.8) is 0 Å². The Hall–Kier alpha value is -0.690. The Morgan fingerprint density at radius 2 is 2.00 bits per heavy atom. The molecule has 84 valence electrons. The Morgan fingerprint density at radius 3 is 2.67 bits per heavy atom. The summed E-state index contributed by atoms with van der Waals surface area (Å²) in [5.41, 5.74) is 1.04. The van der Waals surface area contributed by atoms with Crippen molar-refractivity contribution in [1.29, 1.82) is 0 Å². The van der Waals surface area contributed by atoms with E-state index in [1.54, 1.807) is 0 Å². The second kappa shape index (κ2) is 6.73. The minimum Gasteiger partial charge on any atom is -0.381 e. The van der Waals surface area contributed by atoms with E-state index in [0.717, 1.165) is 10.7 Å². The first-order valence-electron chi connectivity index (χ1n) is 5.75. The van der Waals surface area contributed by atoms with Crippen LogP contribution in [0.1, 0.15) is 39.5 Å². The maximum Gasteiger partial charge on any atom is 0.0637 e. The van der Waals surface area contributed by atoms with Crippen molar-refractivity contribution in [2.75, 3.05) is 5.32 Å². The average molecular weight is 226 g/mol. The molecule has 0 aliphatic carbocycles. The first-order chi connectivity index (χ1) is 7.24. The van der Waals surface area contributed by atoms with Crippen molar-refractivity contribution < 1.29 is 0 Å². The van der Waals surface area contributed by atoms with Gasteiger partial charge in [0.1, 0.15) is 0 Å². The van der Waals surface area contributed by atoms with Crippen molar-refractivity contribution in [3.8, 4) is 0 Å². The Labute approximate surface area is 97.8 Å². The van der Waals surface area contributed by atoms with Crippen LogP contribution in [-0.4, -0.2) is 6.04 Å². The van der Waals surface area contributed by atoms with Crippen molar-refractivity contribution in [2.24, 2.45) is 0 Å². The van der Waals surface area contributed by atoms with E-state index in [1.807, 2.05) is 24.3 Å². The number of anilines is 1. The molecule has 1 atom stereocenters. The maximum atomic E-state index is 6.07. The van der Waals surface area contributed by atoms with Crippen molar-refractivity contribution >= 4 is 17.3 Å². The summed E-state index contributed by atoms with van der Waals surface area (Å²) in [6.45, 7) is 4.44. The van der Waals surface area contributed by atoms with Crippen molar-refractivity contribution in [1.82, 2.24) is 0 Å². The number of para-hydroxylation sites is 1. The molecular weight excluding hydrogens is 206 g/mol. The lowest BCUT2D eigenvalue weighted by Gasteiger charge is -2.15. The highest BCUT2D eigenvalue weighted by atomic mass is 35.5. The number of halogens is 1. The van der Waals surface area contributed by atoms with Gasteiger partial charge in [-0.1, -0.05) is 49.9 Å². The summed E-state index contributed by atoms with van der Waals surface area (Å²) in [6.07, 6.45) is 5.08. The number of benzene rings is 1. The molecule has 0 aliphatic rings. The number of unbranched alkanes of at least 4 members (excludes halogenated alkanes) is 2. The van der Waals surface area contributed by atoms with Gasteiger partial charge in [-0.3, -0.25) is 0 Å². The molecule has 1 aromatic carbocycles. The van der Waals surface area contributed by atoms with Crippen LogP contribution >= 0.6 is 11.6 Å². The van der Waals surface area contributed by atoms with Gasteiger partial charge < -0.3 is 5.32 Å². The van der Waals surface area contributed by atoms with Crippen LogP contribution in [0.15, 0.2) is 24.3 Å². The van der Waals surface area contributed by atoms with Crippen LogP contribution < -0.4 is 5.32 Å². The van der Waals surface area contributed by atoms with Gasteiger partial charge in [0.15, 0.2) is 0 Å². The van der Waals surface area contributed by atoms with E-state index >= 15 is 0 Å². The van der Waals surface area contributed by atoms with Crippen LogP contribution in [0, 0.1) is 0 Å². The molecule has 0 saturated heterocycles. The third-order valence-electron chi connectivity index (χ3n) is 2.52. The largest absolute Gasteiger partial charge is 0.381 e. The van der Waals surface area contributed by atoms with Crippen LogP contribution in [0.25, 0.3) is 0 Å². The minimum atomic E-state index is 0.497. The zero-order valence-electron chi connectivity index (χ0n) is 9.59. The first-order valence-corrected chi connectivity index (χ1v) is 6.13. The number of nitrogens with one attached hydrogen (secondary N) is 1. The molecule has 15 heavy (non-hydrogen) atoms. The van der Waals surface area contributed by atoms with Gasteiger partial charge in [0, 0.05) is 6.04 Å². The lowest BCUT2D eigenvalue weighted by molar-refractivity contribution is 0.615. The smallest absolute Gasteiger partial charge is 0.0637 e. The van der Waals surface area contributed by atoms with Gasteiger partial charge >= 0.3 is 0 Å². The van der Waals surface area contributed by atoms with Crippen LogP contribution in [0.3, 0.4) is 0 Å². The molecule has 0 radical (unpaired) electrons. The van der Waals surface area contributed by atoms with Gasteiger partial charge in [0.2, 0.25) is 0 Å². The summed E-state index contributed by atoms with van der Waals surface area (Å²) in [7, 11) is 0. The second-order valence-corrected chi connectivity index (χ2v) is 4.43. The van der Waals surface area contributed by atoms with Crippen LogP contribution in [-0.2, 0) is 0 Å². The molecule has 1 rings (SSSR count). The molecule has 0 spiro atoms. The fraction of sp³-hybridized carbons (Fsp3) is 0.538. The maximum absolute atomic E-state index is 6.07. The molecule has 1 aromatic rings. The van der Waals surface area contributed by atoms with Crippen LogP contribution in [0.5, 0.6) is 0 Å². The highest BCUT2D eigenvalue weighted by Crippen LogP contribution is 2.22. The van der Waals surface area contributed by atoms with Gasteiger partial charge in [0.25, 0.3) is 0 Å². The van der Waals surface area contributed by atoms with Crippen LogP contribution in [0.2, 0.25) is 5.02 Å². The summed E-state index contributed by atoms with van der Waals surface area (Å²) in [6, 6.07) is 8.40. The molecule has 0 saturated carbocycles. The standard InChI is InChI=1S/C13H20ClN/c1-3-4-5-8-11(2)15-13-10-7-6-9-12(13)14/h6-7,9-11,15H,3-5,8H2,1-2H3. The van der Waals surface area contributed by atoms with Crippen molar-refractivity contribution in [2.45, 2.75) is 45.6 Å². The Balaban J connectivity index is 2.37. The van der Waals surface area contributed by atoms with Crippen LogP contribution in [0.4, 0.5) is 5.69 Å². The van der Waals surface area contributed by atoms with Gasteiger partial charge in [-0.15, -0.1) is 0 Å². The fourth-order valence-corrected chi connectivity index (χ4v) is 1.81. The Kier molecular flexibility index (Phi) is 5.56. The molecule has 1 nitrogen and oxygen atoms in total.